The molecule has 3 rings (SSSR count). The molecular weight excluding hydrogens is 352 g/mol. The van der Waals surface area contributed by atoms with Gasteiger partial charge < -0.3 is 14.5 Å². The van der Waals surface area contributed by atoms with Crippen LogP contribution in [0.5, 0.6) is 5.75 Å². The first-order valence-electron chi connectivity index (χ1n) is 9.76. The molecule has 1 N–H and O–H groups in total. The van der Waals surface area contributed by atoms with E-state index < -0.39 is 0 Å². The molecule has 3 aromatic rings. The van der Waals surface area contributed by atoms with Crippen LogP contribution in [0.3, 0.4) is 0 Å². The summed E-state index contributed by atoms with van der Waals surface area (Å²) in [5.74, 6) is 1.38. The van der Waals surface area contributed by atoms with Crippen LogP contribution >= 0.6 is 0 Å². The second-order valence-electron chi connectivity index (χ2n) is 6.87. The molecule has 1 amide bonds. The fraction of sp³-hybridized carbons (Fsp3) is 0.348. The maximum absolute atomic E-state index is 13.1. The van der Waals surface area contributed by atoms with Gasteiger partial charge in [0.1, 0.15) is 11.8 Å². The highest BCUT2D eigenvalue weighted by molar-refractivity contribution is 5.85. The van der Waals surface area contributed by atoms with Crippen LogP contribution in [0.1, 0.15) is 44.2 Å². The maximum Gasteiger partial charge on any atom is 0.242 e. The van der Waals surface area contributed by atoms with Crippen molar-refractivity contribution in [3.63, 3.8) is 0 Å². The highest BCUT2D eigenvalue weighted by atomic mass is 16.5. The Hall–Kier alpha value is -2.79. The lowest BCUT2D eigenvalue weighted by Crippen LogP contribution is -2.39. The van der Waals surface area contributed by atoms with Crippen LogP contribution in [0.25, 0.3) is 11.0 Å². The molecule has 0 saturated carbocycles. The minimum Gasteiger partial charge on any atom is -0.490 e. The fourth-order valence-corrected chi connectivity index (χ4v) is 3.33. The van der Waals surface area contributed by atoms with Crippen molar-refractivity contribution >= 4 is 16.9 Å². The molecule has 2 aromatic carbocycles. The van der Waals surface area contributed by atoms with Gasteiger partial charge in [-0.05, 0) is 45.1 Å². The normalized spacial score (nSPS) is 13.5. The van der Waals surface area contributed by atoms with Crippen LogP contribution in [0, 0.1) is 0 Å². The zero-order valence-electron chi connectivity index (χ0n) is 16.9. The lowest BCUT2D eigenvalue weighted by atomic mass is 10.0. The number of nitrogens with one attached hydrogen (secondary N) is 1. The molecular formula is C23H28N2O3. The number of benzene rings is 2. The van der Waals surface area contributed by atoms with Crippen molar-refractivity contribution in [2.75, 3.05) is 20.2 Å². The van der Waals surface area contributed by atoms with Gasteiger partial charge in [0, 0.05) is 5.39 Å². The summed E-state index contributed by atoms with van der Waals surface area (Å²) in [5.41, 5.74) is 1.69. The Bertz CT molecular complexity index is 920. The van der Waals surface area contributed by atoms with Crippen molar-refractivity contribution < 1.29 is 13.9 Å². The molecule has 0 radical (unpaired) electrons. The number of carbonyl (C=O) groups excluding carboxylic acids is 1. The van der Waals surface area contributed by atoms with Gasteiger partial charge in [-0.15, -0.1) is 0 Å². The third-order valence-corrected chi connectivity index (χ3v) is 4.92. The number of hydrogen-bond acceptors (Lipinski definition) is 4. The van der Waals surface area contributed by atoms with Crippen LogP contribution in [0.2, 0.25) is 0 Å². The van der Waals surface area contributed by atoms with Crippen molar-refractivity contribution in [1.82, 2.24) is 10.2 Å². The summed E-state index contributed by atoms with van der Waals surface area (Å²) in [5, 5.41) is 4.07. The van der Waals surface area contributed by atoms with Gasteiger partial charge in [-0.25, -0.2) is 0 Å². The number of rotatable bonds is 8. The summed E-state index contributed by atoms with van der Waals surface area (Å²) in [7, 11) is 1.96. The van der Waals surface area contributed by atoms with E-state index in [4.69, 9.17) is 9.15 Å². The number of likely N-dealkylation sites (N-methyl/N-ethyl adjacent to an activating group) is 1. The number of ether oxygens (including phenoxy) is 1. The lowest BCUT2D eigenvalue weighted by molar-refractivity contribution is -0.127. The monoisotopic (exact) mass is 380 g/mol. The molecule has 0 aliphatic carbocycles. The minimum atomic E-state index is -0.350. The molecule has 5 nitrogen and oxygen atoms in total. The summed E-state index contributed by atoms with van der Waals surface area (Å²) in [6, 6.07) is 17.0. The molecule has 5 heteroatoms. The number of amides is 1. The Morgan fingerprint density at radius 2 is 1.89 bits per heavy atom. The lowest BCUT2D eigenvalue weighted by Gasteiger charge is -2.27. The fourth-order valence-electron chi connectivity index (χ4n) is 3.33. The van der Waals surface area contributed by atoms with E-state index in [1.165, 1.54) is 0 Å². The molecule has 2 unspecified atom stereocenters. The summed E-state index contributed by atoms with van der Waals surface area (Å²) in [4.78, 5) is 15.1. The first-order chi connectivity index (χ1) is 13.5. The predicted octanol–water partition coefficient (Wildman–Crippen LogP) is 4.70. The molecule has 28 heavy (non-hydrogen) atoms. The Kier molecular flexibility index (Phi) is 6.37. The van der Waals surface area contributed by atoms with E-state index in [0.29, 0.717) is 18.0 Å². The van der Waals surface area contributed by atoms with E-state index in [0.717, 1.165) is 23.2 Å². The van der Waals surface area contributed by atoms with E-state index in [2.05, 4.69) is 5.32 Å². The third-order valence-electron chi connectivity index (χ3n) is 4.92. The predicted molar refractivity (Wildman–Crippen MR) is 111 cm³/mol. The molecule has 0 aliphatic rings. The van der Waals surface area contributed by atoms with Crippen molar-refractivity contribution in [2.24, 2.45) is 0 Å². The Labute approximate surface area is 166 Å². The van der Waals surface area contributed by atoms with Gasteiger partial charge in [0.2, 0.25) is 5.91 Å². The number of fused-ring (bicyclic) bond motifs is 1. The van der Waals surface area contributed by atoms with Gasteiger partial charge in [-0.1, -0.05) is 49.4 Å². The largest absolute Gasteiger partial charge is 0.490 e. The van der Waals surface area contributed by atoms with Crippen molar-refractivity contribution in [3.05, 3.63) is 65.9 Å². The average Bonchev–Trinajstić information content (AvgIpc) is 3.14. The van der Waals surface area contributed by atoms with Gasteiger partial charge >= 0.3 is 0 Å². The van der Waals surface area contributed by atoms with Crippen LogP contribution in [-0.4, -0.2) is 31.0 Å². The summed E-state index contributed by atoms with van der Waals surface area (Å²) in [6.45, 7) is 7.26. The topological polar surface area (TPSA) is 54.7 Å². The van der Waals surface area contributed by atoms with Crippen molar-refractivity contribution in [2.45, 2.75) is 32.9 Å². The number of hydrogen-bond donors (Lipinski definition) is 1. The highest BCUT2D eigenvalue weighted by Gasteiger charge is 2.26. The molecule has 1 aromatic heterocycles. The number of para-hydroxylation sites is 1. The van der Waals surface area contributed by atoms with Gasteiger partial charge in [-0.2, -0.15) is 0 Å². The SMILES string of the molecule is CCOc1cccc2cc(C(C)NC(=O)C(c3ccccc3)N(C)CC)oc12. The van der Waals surface area contributed by atoms with Gasteiger partial charge in [0.15, 0.2) is 11.3 Å². The molecule has 148 valence electrons. The molecule has 0 spiro atoms. The molecule has 0 bridgehead atoms. The Morgan fingerprint density at radius 1 is 1.14 bits per heavy atom. The van der Waals surface area contributed by atoms with Gasteiger partial charge in [-0.3, -0.25) is 9.69 Å². The first kappa shape index (κ1) is 20.0. The summed E-state index contributed by atoms with van der Waals surface area (Å²) < 4.78 is 11.7. The zero-order valence-corrected chi connectivity index (χ0v) is 16.9. The van der Waals surface area contributed by atoms with E-state index in [1.807, 2.05) is 87.3 Å². The molecule has 1 heterocycles. The average molecular weight is 380 g/mol. The van der Waals surface area contributed by atoms with Crippen LogP contribution in [0.15, 0.2) is 59.0 Å². The number of nitrogens with zero attached hydrogens (tertiary/aromatic N) is 1. The second kappa shape index (κ2) is 8.93. The number of carbonyl (C=O) groups is 1. The smallest absolute Gasteiger partial charge is 0.242 e. The van der Waals surface area contributed by atoms with Crippen LogP contribution in [-0.2, 0) is 4.79 Å². The van der Waals surface area contributed by atoms with Gasteiger partial charge in [0.25, 0.3) is 0 Å². The molecule has 0 fully saturated rings. The van der Waals surface area contributed by atoms with Gasteiger partial charge in [0.05, 0.1) is 12.6 Å². The molecule has 0 aliphatic heterocycles. The first-order valence-corrected chi connectivity index (χ1v) is 9.76. The summed E-state index contributed by atoms with van der Waals surface area (Å²) in [6.07, 6.45) is 0. The van der Waals surface area contributed by atoms with Crippen molar-refractivity contribution in [1.29, 1.82) is 0 Å². The van der Waals surface area contributed by atoms with E-state index >= 15 is 0 Å². The third kappa shape index (κ3) is 4.20. The second-order valence-corrected chi connectivity index (χ2v) is 6.87. The zero-order chi connectivity index (χ0) is 20.1. The minimum absolute atomic E-state index is 0.0477. The molecule has 0 saturated heterocycles. The molecule has 2 atom stereocenters. The maximum atomic E-state index is 13.1. The standard InChI is InChI=1S/C23H28N2O3/c1-5-25(4)21(17-11-8-7-9-12-17)23(26)24-16(3)20-15-18-13-10-14-19(27-6-2)22(18)28-20/h7-16,21H,5-6H2,1-4H3,(H,24,26). The summed E-state index contributed by atoms with van der Waals surface area (Å²) >= 11 is 0. The number of furan rings is 1. The van der Waals surface area contributed by atoms with E-state index in [1.54, 1.807) is 0 Å². The van der Waals surface area contributed by atoms with Crippen LogP contribution in [0.4, 0.5) is 0 Å². The van der Waals surface area contributed by atoms with E-state index in [9.17, 15) is 4.79 Å². The Morgan fingerprint density at radius 3 is 2.57 bits per heavy atom. The van der Waals surface area contributed by atoms with E-state index in [-0.39, 0.29) is 18.0 Å². The highest BCUT2D eigenvalue weighted by Crippen LogP contribution is 2.31. The van der Waals surface area contributed by atoms with Crippen LogP contribution < -0.4 is 10.1 Å². The van der Waals surface area contributed by atoms with Crippen molar-refractivity contribution in [3.8, 4) is 5.75 Å². The Balaban J connectivity index is 1.82. The quantitative estimate of drug-likeness (QED) is 0.615.